The first kappa shape index (κ1) is 23.0. The first-order valence-corrected chi connectivity index (χ1v) is 11.8. The summed E-state index contributed by atoms with van der Waals surface area (Å²) in [4.78, 5) is 29.8. The monoisotopic (exact) mass is 474 g/mol. The molecule has 1 fully saturated rings. The van der Waals surface area contributed by atoms with E-state index in [0.717, 1.165) is 17.9 Å². The normalized spacial score (nSPS) is 20.9. The van der Waals surface area contributed by atoms with Crippen LogP contribution in [0.25, 0.3) is 0 Å². The molecule has 2 aliphatic heterocycles. The van der Waals surface area contributed by atoms with Gasteiger partial charge in [-0.25, -0.2) is 0 Å². The third-order valence-electron chi connectivity index (χ3n) is 7.10. The number of hydrogen-bond acceptors (Lipinski definition) is 7. The van der Waals surface area contributed by atoms with E-state index in [1.54, 1.807) is 43.5 Å². The number of nitrogens with zero attached hydrogens (tertiary/aromatic N) is 1. The average Bonchev–Trinajstić information content (AvgIpc) is 3.32. The summed E-state index contributed by atoms with van der Waals surface area (Å²) < 4.78 is 10.5. The number of benzene rings is 2. The van der Waals surface area contributed by atoms with Gasteiger partial charge in [-0.1, -0.05) is 19.9 Å². The minimum atomic E-state index is -0.689. The highest BCUT2D eigenvalue weighted by Gasteiger charge is 2.47. The predicted octanol–water partition coefficient (Wildman–Crippen LogP) is 4.15. The minimum absolute atomic E-state index is 0.00842. The van der Waals surface area contributed by atoms with E-state index in [1.165, 1.54) is 13.2 Å². The molecule has 2 aromatic rings. The lowest BCUT2D eigenvalue weighted by atomic mass is 9.67. The first-order chi connectivity index (χ1) is 16.7. The maximum Gasteiger partial charge on any atom is 0.193 e. The Bertz CT molecular complexity index is 1270. The maximum atomic E-state index is 14.1. The molecule has 7 nitrogen and oxygen atoms in total. The molecule has 2 aromatic carbocycles. The number of nitrogens with one attached hydrogen (secondary N) is 1. The Labute approximate surface area is 205 Å². The van der Waals surface area contributed by atoms with E-state index in [1.807, 2.05) is 0 Å². The van der Waals surface area contributed by atoms with Crippen LogP contribution in [0.2, 0.25) is 0 Å². The Hall–Kier alpha value is -3.74. The van der Waals surface area contributed by atoms with Gasteiger partial charge in [-0.2, -0.15) is 0 Å². The van der Waals surface area contributed by atoms with Crippen LogP contribution in [-0.4, -0.2) is 48.9 Å². The highest BCUT2D eigenvalue weighted by Crippen LogP contribution is 2.52. The fourth-order valence-electron chi connectivity index (χ4n) is 5.50. The SMILES string of the molecule is COc1ccc(C(=O)C2=C3NCCN3C3=C(C(=O)CC(C)(C)C3)C2c2ccc(OC)cc2O)cc1. The van der Waals surface area contributed by atoms with Crippen LogP contribution in [0.4, 0.5) is 0 Å². The van der Waals surface area contributed by atoms with Crippen molar-refractivity contribution in [2.45, 2.75) is 32.6 Å². The quantitative estimate of drug-likeness (QED) is 0.630. The molecular formula is C28H30N2O5. The van der Waals surface area contributed by atoms with E-state index >= 15 is 0 Å². The van der Waals surface area contributed by atoms with E-state index in [0.29, 0.717) is 53.3 Å². The number of phenolic OH excluding ortho intramolecular Hbond substituents is 1. The molecule has 1 atom stereocenters. The van der Waals surface area contributed by atoms with Crippen LogP contribution in [0.1, 0.15) is 48.5 Å². The van der Waals surface area contributed by atoms with E-state index in [2.05, 4.69) is 24.1 Å². The number of ether oxygens (including phenoxy) is 2. The van der Waals surface area contributed by atoms with Crippen LogP contribution in [-0.2, 0) is 4.79 Å². The molecule has 0 spiro atoms. The van der Waals surface area contributed by atoms with Gasteiger partial charge < -0.3 is 24.8 Å². The Morgan fingerprint density at radius 1 is 1.06 bits per heavy atom. The summed E-state index contributed by atoms with van der Waals surface area (Å²) in [5.41, 5.74) is 2.84. The van der Waals surface area contributed by atoms with E-state index < -0.39 is 5.92 Å². The van der Waals surface area contributed by atoms with Crippen LogP contribution in [0.15, 0.2) is 65.1 Å². The fraction of sp³-hybridized carbons (Fsp3) is 0.357. The zero-order valence-corrected chi connectivity index (χ0v) is 20.5. The molecule has 1 aliphatic carbocycles. The summed E-state index contributed by atoms with van der Waals surface area (Å²) in [6.45, 7) is 5.54. The van der Waals surface area contributed by atoms with Crippen molar-refractivity contribution in [2.24, 2.45) is 5.41 Å². The highest BCUT2D eigenvalue weighted by atomic mass is 16.5. The van der Waals surface area contributed by atoms with Gasteiger partial charge in [0.05, 0.1) is 25.7 Å². The minimum Gasteiger partial charge on any atom is -0.507 e. The number of hydrogen-bond donors (Lipinski definition) is 2. The highest BCUT2D eigenvalue weighted by molar-refractivity contribution is 6.13. The molecule has 2 heterocycles. The molecule has 2 N–H and O–H groups in total. The number of Topliss-reactive ketones (excluding diaryl/α,β-unsaturated/α-hetero) is 2. The molecular weight excluding hydrogens is 444 g/mol. The van der Waals surface area contributed by atoms with Gasteiger partial charge in [-0.15, -0.1) is 0 Å². The molecule has 0 aromatic heterocycles. The summed E-state index contributed by atoms with van der Waals surface area (Å²) in [6.07, 6.45) is 1.11. The van der Waals surface area contributed by atoms with Gasteiger partial charge in [-0.3, -0.25) is 9.59 Å². The van der Waals surface area contributed by atoms with Crippen molar-refractivity contribution in [1.82, 2.24) is 10.2 Å². The number of rotatable bonds is 5. The lowest BCUT2D eigenvalue weighted by Gasteiger charge is -2.43. The first-order valence-electron chi connectivity index (χ1n) is 11.8. The zero-order valence-electron chi connectivity index (χ0n) is 20.5. The number of carbonyl (C=O) groups excluding carboxylic acids is 2. The predicted molar refractivity (Wildman–Crippen MR) is 132 cm³/mol. The van der Waals surface area contributed by atoms with Gasteiger partial charge in [-0.05, 0) is 42.2 Å². The molecule has 0 radical (unpaired) electrons. The number of carbonyl (C=O) groups is 2. The second-order valence-corrected chi connectivity index (χ2v) is 10.1. The average molecular weight is 475 g/mol. The molecule has 0 amide bonds. The summed E-state index contributed by atoms with van der Waals surface area (Å²) in [6, 6.07) is 12.0. The number of ketones is 2. The van der Waals surface area contributed by atoms with Gasteiger partial charge in [0.1, 0.15) is 23.1 Å². The standard InChI is InChI=1S/C28H30N2O5/c1-28(2)14-20-24(22(32)15-28)23(19-10-9-18(35-4)13-21(19)31)25(27-29-11-12-30(20)27)26(33)16-5-7-17(34-3)8-6-16/h5-10,13,23,29,31H,11-12,14-15H2,1-4H3. The van der Waals surface area contributed by atoms with Gasteiger partial charge in [0.2, 0.25) is 0 Å². The summed E-state index contributed by atoms with van der Waals surface area (Å²) in [5, 5.41) is 14.4. The number of fused-ring (bicyclic) bond motifs is 2. The molecule has 1 unspecified atom stereocenters. The number of methoxy groups -OCH3 is 2. The van der Waals surface area contributed by atoms with Crippen molar-refractivity contribution in [1.29, 1.82) is 0 Å². The molecule has 0 bridgehead atoms. The molecule has 5 rings (SSSR count). The maximum absolute atomic E-state index is 14.1. The summed E-state index contributed by atoms with van der Waals surface area (Å²) >= 11 is 0. The van der Waals surface area contributed by atoms with Gasteiger partial charge in [0.15, 0.2) is 11.6 Å². The lowest BCUT2D eigenvalue weighted by molar-refractivity contribution is -0.118. The van der Waals surface area contributed by atoms with E-state index in [-0.39, 0.29) is 22.7 Å². The smallest absolute Gasteiger partial charge is 0.193 e. The molecule has 0 saturated carbocycles. The van der Waals surface area contributed by atoms with Gasteiger partial charge in [0.25, 0.3) is 0 Å². The third kappa shape index (κ3) is 3.85. The van der Waals surface area contributed by atoms with Crippen LogP contribution < -0.4 is 14.8 Å². The van der Waals surface area contributed by atoms with Crippen LogP contribution in [0.5, 0.6) is 17.2 Å². The van der Waals surface area contributed by atoms with Crippen molar-refractivity contribution >= 4 is 11.6 Å². The Morgan fingerprint density at radius 2 is 1.74 bits per heavy atom. The van der Waals surface area contributed by atoms with Crippen LogP contribution >= 0.6 is 0 Å². The number of aromatic hydroxyl groups is 1. The van der Waals surface area contributed by atoms with E-state index in [9.17, 15) is 14.7 Å². The van der Waals surface area contributed by atoms with Crippen LogP contribution in [0.3, 0.4) is 0 Å². The van der Waals surface area contributed by atoms with Gasteiger partial charge >= 0.3 is 0 Å². The largest absolute Gasteiger partial charge is 0.507 e. The zero-order chi connectivity index (χ0) is 24.9. The van der Waals surface area contributed by atoms with Crippen molar-refractivity contribution in [3.8, 4) is 17.2 Å². The Kier molecular flexibility index (Phi) is 5.58. The van der Waals surface area contributed by atoms with Crippen molar-refractivity contribution < 1.29 is 24.2 Å². The van der Waals surface area contributed by atoms with Gasteiger partial charge in [0, 0.05) is 48.0 Å². The van der Waals surface area contributed by atoms with Crippen molar-refractivity contribution in [3.63, 3.8) is 0 Å². The Morgan fingerprint density at radius 3 is 2.40 bits per heavy atom. The fourth-order valence-corrected chi connectivity index (χ4v) is 5.50. The lowest BCUT2D eigenvalue weighted by Crippen LogP contribution is -2.40. The molecule has 3 aliphatic rings. The Balaban J connectivity index is 1.73. The van der Waals surface area contributed by atoms with Crippen molar-refractivity contribution in [2.75, 3.05) is 27.3 Å². The summed E-state index contributed by atoms with van der Waals surface area (Å²) in [5.74, 6) is 1.01. The topological polar surface area (TPSA) is 88.1 Å². The second-order valence-electron chi connectivity index (χ2n) is 10.1. The third-order valence-corrected chi connectivity index (χ3v) is 7.10. The number of allylic oxidation sites excluding steroid dienone is 3. The molecule has 7 heteroatoms. The molecule has 182 valence electrons. The van der Waals surface area contributed by atoms with Crippen LogP contribution in [0, 0.1) is 5.41 Å². The van der Waals surface area contributed by atoms with E-state index in [4.69, 9.17) is 9.47 Å². The molecule has 35 heavy (non-hydrogen) atoms. The second kappa shape index (κ2) is 8.48. The summed E-state index contributed by atoms with van der Waals surface area (Å²) in [7, 11) is 3.11. The number of phenols is 1. The van der Waals surface area contributed by atoms with Crippen molar-refractivity contribution in [3.05, 3.63) is 76.3 Å². The molecule has 1 saturated heterocycles.